The van der Waals surface area contributed by atoms with Gasteiger partial charge in [0, 0.05) is 18.3 Å². The van der Waals surface area contributed by atoms with E-state index < -0.39 is 0 Å². The van der Waals surface area contributed by atoms with Crippen LogP contribution >= 0.6 is 0 Å². The van der Waals surface area contributed by atoms with Crippen molar-refractivity contribution in [1.82, 2.24) is 0 Å². The van der Waals surface area contributed by atoms with E-state index in [-0.39, 0.29) is 18.4 Å². The minimum Gasteiger partial charge on any atom is -0.325 e. The van der Waals surface area contributed by atoms with Crippen LogP contribution in [0.4, 0.5) is 11.4 Å². The quantitative estimate of drug-likeness (QED) is 0.878. The lowest BCUT2D eigenvalue weighted by Crippen LogP contribution is -2.37. The molecule has 2 amide bonds. The molecule has 1 N–H and O–H groups in total. The van der Waals surface area contributed by atoms with Gasteiger partial charge in [-0.2, -0.15) is 0 Å². The summed E-state index contributed by atoms with van der Waals surface area (Å²) in [6.07, 6.45) is 1.76. The fourth-order valence-electron chi connectivity index (χ4n) is 2.61. The van der Waals surface area contributed by atoms with Gasteiger partial charge in [-0.3, -0.25) is 9.59 Å². The second-order valence-corrected chi connectivity index (χ2v) is 5.69. The molecule has 2 aromatic rings. The summed E-state index contributed by atoms with van der Waals surface area (Å²) < 4.78 is 0. The number of nitrogens with zero attached hydrogens (tertiary/aromatic N) is 1. The normalized spacial score (nSPS) is 10.3. The summed E-state index contributed by atoms with van der Waals surface area (Å²) in [5.41, 5.74) is 3.80. The molecule has 0 aliphatic carbocycles. The Kier molecular flexibility index (Phi) is 6.13. The first-order valence-electron chi connectivity index (χ1n) is 8.30. The number of hydrogen-bond donors (Lipinski definition) is 1. The summed E-state index contributed by atoms with van der Waals surface area (Å²) in [7, 11) is 0. The third kappa shape index (κ3) is 4.44. The van der Waals surface area contributed by atoms with Crippen LogP contribution in [0.15, 0.2) is 48.5 Å². The summed E-state index contributed by atoms with van der Waals surface area (Å²) in [6.45, 7) is 5.60. The lowest BCUT2D eigenvalue weighted by atomic mass is 10.1. The number of anilines is 2. The van der Waals surface area contributed by atoms with E-state index in [9.17, 15) is 9.59 Å². The molecule has 2 aromatic carbocycles. The number of hydrogen-bond acceptors (Lipinski definition) is 2. The molecule has 4 heteroatoms. The first-order valence-corrected chi connectivity index (χ1v) is 8.30. The topological polar surface area (TPSA) is 49.4 Å². The second kappa shape index (κ2) is 8.29. The first kappa shape index (κ1) is 17.7. The van der Waals surface area contributed by atoms with Crippen LogP contribution in [0.2, 0.25) is 0 Å². The third-order valence-corrected chi connectivity index (χ3v) is 3.99. The van der Waals surface area contributed by atoms with Gasteiger partial charge in [-0.15, -0.1) is 0 Å². The van der Waals surface area contributed by atoms with Gasteiger partial charge in [-0.25, -0.2) is 0 Å². The summed E-state index contributed by atoms with van der Waals surface area (Å²) in [6, 6.07) is 15.4. The van der Waals surface area contributed by atoms with Gasteiger partial charge in [0.1, 0.15) is 6.54 Å². The molecular weight excluding hydrogens is 300 g/mol. The van der Waals surface area contributed by atoms with Gasteiger partial charge in [0.2, 0.25) is 11.8 Å². The fourth-order valence-corrected chi connectivity index (χ4v) is 2.61. The zero-order chi connectivity index (χ0) is 17.5. The maximum atomic E-state index is 12.3. The predicted octanol–water partition coefficient (Wildman–Crippen LogP) is 3.80. The number of carbonyl (C=O) groups excluding carboxylic acids is 2. The highest BCUT2D eigenvalue weighted by atomic mass is 16.2. The molecular formula is C20H24N2O2. The van der Waals surface area contributed by atoms with Crippen molar-refractivity contribution in [2.45, 2.75) is 33.6 Å². The Morgan fingerprint density at radius 2 is 1.62 bits per heavy atom. The van der Waals surface area contributed by atoms with Crippen molar-refractivity contribution in [2.75, 3.05) is 16.8 Å². The smallest absolute Gasteiger partial charge is 0.244 e. The predicted molar refractivity (Wildman–Crippen MR) is 98.3 cm³/mol. The van der Waals surface area contributed by atoms with E-state index in [1.165, 1.54) is 17.4 Å². The fraction of sp³-hybridized carbons (Fsp3) is 0.300. The second-order valence-electron chi connectivity index (χ2n) is 5.69. The molecule has 0 saturated carbocycles. The Balaban J connectivity index is 2.12. The molecule has 2 rings (SSSR count). The molecule has 4 nitrogen and oxygen atoms in total. The summed E-state index contributed by atoms with van der Waals surface area (Å²) >= 11 is 0. The molecule has 0 heterocycles. The lowest BCUT2D eigenvalue weighted by Gasteiger charge is -2.23. The number of rotatable bonds is 6. The van der Waals surface area contributed by atoms with Crippen molar-refractivity contribution >= 4 is 23.2 Å². The Bertz CT molecular complexity index is 708. The highest BCUT2D eigenvalue weighted by Crippen LogP contribution is 2.21. The number of carbonyl (C=O) groups is 2. The SMILES string of the molecule is CCc1ccc(NC(=O)CN(C(C)=O)c2ccccc2CC)cc1. The molecule has 126 valence electrons. The van der Waals surface area contributed by atoms with Crippen molar-refractivity contribution in [3.8, 4) is 0 Å². The average molecular weight is 324 g/mol. The van der Waals surface area contributed by atoms with E-state index in [1.807, 2.05) is 55.5 Å². The van der Waals surface area contributed by atoms with E-state index in [0.29, 0.717) is 0 Å². The van der Waals surface area contributed by atoms with Gasteiger partial charge >= 0.3 is 0 Å². The Morgan fingerprint density at radius 3 is 2.21 bits per heavy atom. The van der Waals surface area contributed by atoms with Crippen LogP contribution in [-0.4, -0.2) is 18.4 Å². The maximum absolute atomic E-state index is 12.3. The largest absolute Gasteiger partial charge is 0.325 e. The van der Waals surface area contributed by atoms with Crippen LogP contribution in [-0.2, 0) is 22.4 Å². The number of nitrogens with one attached hydrogen (secondary N) is 1. The minimum absolute atomic E-state index is 0.00186. The molecule has 0 bridgehead atoms. The van der Waals surface area contributed by atoms with Gasteiger partial charge in [-0.05, 0) is 42.2 Å². The number of amides is 2. The Morgan fingerprint density at radius 1 is 0.958 bits per heavy atom. The Hall–Kier alpha value is -2.62. The van der Waals surface area contributed by atoms with E-state index in [0.717, 1.165) is 29.8 Å². The number of para-hydroxylation sites is 1. The van der Waals surface area contributed by atoms with Crippen molar-refractivity contribution < 1.29 is 9.59 Å². The van der Waals surface area contributed by atoms with Crippen molar-refractivity contribution in [1.29, 1.82) is 0 Å². The van der Waals surface area contributed by atoms with Crippen molar-refractivity contribution in [3.05, 3.63) is 59.7 Å². The summed E-state index contributed by atoms with van der Waals surface area (Å²) in [5, 5.41) is 2.85. The van der Waals surface area contributed by atoms with Crippen LogP contribution in [0.5, 0.6) is 0 Å². The van der Waals surface area contributed by atoms with Gasteiger partial charge in [0.05, 0.1) is 0 Å². The van der Waals surface area contributed by atoms with Crippen LogP contribution in [0, 0.1) is 0 Å². The van der Waals surface area contributed by atoms with Crippen molar-refractivity contribution in [2.24, 2.45) is 0 Å². The highest BCUT2D eigenvalue weighted by Gasteiger charge is 2.18. The monoisotopic (exact) mass is 324 g/mol. The molecule has 0 atom stereocenters. The molecule has 0 aliphatic heterocycles. The molecule has 0 fully saturated rings. The van der Waals surface area contributed by atoms with E-state index in [1.54, 1.807) is 0 Å². The van der Waals surface area contributed by atoms with E-state index in [2.05, 4.69) is 12.2 Å². The van der Waals surface area contributed by atoms with Crippen LogP contribution in [0.1, 0.15) is 31.9 Å². The summed E-state index contributed by atoms with van der Waals surface area (Å²) in [5.74, 6) is -0.354. The Labute approximate surface area is 143 Å². The number of benzene rings is 2. The van der Waals surface area contributed by atoms with Gasteiger partial charge in [0.25, 0.3) is 0 Å². The summed E-state index contributed by atoms with van der Waals surface area (Å²) in [4.78, 5) is 25.9. The van der Waals surface area contributed by atoms with Crippen LogP contribution < -0.4 is 10.2 Å². The number of aryl methyl sites for hydroxylation is 2. The van der Waals surface area contributed by atoms with Crippen LogP contribution in [0.3, 0.4) is 0 Å². The van der Waals surface area contributed by atoms with Gasteiger partial charge in [-0.1, -0.05) is 44.2 Å². The minimum atomic E-state index is -0.208. The third-order valence-electron chi connectivity index (χ3n) is 3.99. The van der Waals surface area contributed by atoms with E-state index in [4.69, 9.17) is 0 Å². The van der Waals surface area contributed by atoms with Crippen LogP contribution in [0.25, 0.3) is 0 Å². The van der Waals surface area contributed by atoms with Crippen molar-refractivity contribution in [3.63, 3.8) is 0 Å². The standard InChI is InChI=1S/C20H24N2O2/c1-4-16-10-12-18(13-11-16)21-20(24)14-22(15(3)23)19-9-7-6-8-17(19)5-2/h6-13H,4-5,14H2,1-3H3,(H,21,24). The first-order chi connectivity index (χ1) is 11.5. The average Bonchev–Trinajstić information content (AvgIpc) is 2.60. The zero-order valence-electron chi connectivity index (χ0n) is 14.5. The molecule has 0 aromatic heterocycles. The molecule has 24 heavy (non-hydrogen) atoms. The molecule has 0 spiro atoms. The molecule has 0 saturated heterocycles. The van der Waals surface area contributed by atoms with Gasteiger partial charge < -0.3 is 10.2 Å². The maximum Gasteiger partial charge on any atom is 0.244 e. The molecule has 0 unspecified atom stereocenters. The zero-order valence-corrected chi connectivity index (χ0v) is 14.5. The van der Waals surface area contributed by atoms with E-state index >= 15 is 0 Å². The molecule has 0 aliphatic rings. The lowest BCUT2D eigenvalue weighted by molar-refractivity contribution is -0.120. The highest BCUT2D eigenvalue weighted by molar-refractivity contribution is 6.02. The molecule has 0 radical (unpaired) electrons. The van der Waals surface area contributed by atoms with Gasteiger partial charge in [0.15, 0.2) is 0 Å².